The Hall–Kier alpha value is -2.02. The number of alkyl halides is 2. The number of aliphatic carboxylic acids is 1. The average molecular weight is 288 g/mol. The third-order valence-corrected chi connectivity index (χ3v) is 2.78. The van der Waals surface area contributed by atoms with Crippen molar-refractivity contribution in [3.05, 3.63) is 34.9 Å². The maximum Gasteiger partial charge on any atom is 0.337 e. The number of hydrogen-bond acceptors (Lipinski definition) is 4. The second kappa shape index (κ2) is 6.95. The number of aliphatic hydroxyl groups excluding tert-OH is 1. The van der Waals surface area contributed by atoms with E-state index < -0.39 is 24.5 Å². The third-order valence-electron chi connectivity index (χ3n) is 2.78. The lowest BCUT2D eigenvalue weighted by atomic mass is 9.96. The van der Waals surface area contributed by atoms with E-state index in [1.807, 2.05) is 0 Å². The van der Waals surface area contributed by atoms with Crippen LogP contribution in [0.25, 0.3) is 0 Å². The Morgan fingerprint density at radius 3 is 2.50 bits per heavy atom. The third kappa shape index (κ3) is 3.99. The topological polar surface area (TPSA) is 83.8 Å². The first-order valence-electron chi connectivity index (χ1n) is 5.75. The lowest BCUT2D eigenvalue weighted by molar-refractivity contribution is -0.147. The van der Waals surface area contributed by atoms with Crippen molar-refractivity contribution in [2.75, 3.05) is 7.11 Å². The van der Waals surface area contributed by atoms with E-state index in [1.54, 1.807) is 0 Å². The standard InChI is InChI=1S/C13H14F2O5/c1-20-10(16)5-4-7-2-3-8(12(14)15)6-9(7)11(17)13(18)19/h2-3,6,11-12,17H,4-5H2,1H3,(H,18,19). The molecule has 0 heterocycles. The molecular weight excluding hydrogens is 274 g/mol. The number of rotatable bonds is 6. The van der Waals surface area contributed by atoms with Crippen molar-refractivity contribution in [1.82, 2.24) is 0 Å². The molecule has 1 rings (SSSR count). The molecule has 0 aliphatic heterocycles. The van der Waals surface area contributed by atoms with Gasteiger partial charge < -0.3 is 14.9 Å². The number of aliphatic hydroxyl groups is 1. The van der Waals surface area contributed by atoms with E-state index in [-0.39, 0.29) is 24.0 Å². The molecule has 1 aromatic carbocycles. The summed E-state index contributed by atoms with van der Waals surface area (Å²) in [5, 5.41) is 18.3. The van der Waals surface area contributed by atoms with Crippen LogP contribution in [0.4, 0.5) is 8.78 Å². The van der Waals surface area contributed by atoms with Crippen molar-refractivity contribution < 1.29 is 33.3 Å². The number of carboxylic acid groups (broad SMARTS) is 1. The Kier molecular flexibility index (Phi) is 5.57. The van der Waals surface area contributed by atoms with E-state index >= 15 is 0 Å². The first-order chi connectivity index (χ1) is 9.36. The minimum absolute atomic E-state index is 0.0378. The fourth-order valence-corrected chi connectivity index (χ4v) is 1.70. The fourth-order valence-electron chi connectivity index (χ4n) is 1.70. The summed E-state index contributed by atoms with van der Waals surface area (Å²) in [6.07, 6.45) is -4.63. The predicted molar refractivity (Wildman–Crippen MR) is 64.3 cm³/mol. The molecule has 1 atom stereocenters. The zero-order valence-corrected chi connectivity index (χ0v) is 10.7. The van der Waals surface area contributed by atoms with E-state index in [4.69, 9.17) is 5.11 Å². The van der Waals surface area contributed by atoms with Crippen LogP contribution in [-0.2, 0) is 20.7 Å². The second-order valence-corrected chi connectivity index (χ2v) is 4.08. The van der Waals surface area contributed by atoms with Gasteiger partial charge in [0.15, 0.2) is 6.10 Å². The highest BCUT2D eigenvalue weighted by Crippen LogP contribution is 2.26. The molecule has 0 fully saturated rings. The van der Waals surface area contributed by atoms with Gasteiger partial charge in [-0.25, -0.2) is 13.6 Å². The Morgan fingerprint density at radius 1 is 1.35 bits per heavy atom. The number of esters is 1. The monoisotopic (exact) mass is 288 g/mol. The molecule has 0 radical (unpaired) electrons. The number of benzene rings is 1. The molecule has 0 saturated carbocycles. The largest absolute Gasteiger partial charge is 0.479 e. The Labute approximate surface area is 113 Å². The van der Waals surface area contributed by atoms with Crippen molar-refractivity contribution in [2.24, 2.45) is 0 Å². The molecule has 0 bridgehead atoms. The van der Waals surface area contributed by atoms with Crippen LogP contribution in [0.5, 0.6) is 0 Å². The lowest BCUT2D eigenvalue weighted by Gasteiger charge is -2.14. The minimum Gasteiger partial charge on any atom is -0.479 e. The molecule has 0 amide bonds. The second-order valence-electron chi connectivity index (χ2n) is 4.08. The number of carbonyl (C=O) groups excluding carboxylic acids is 1. The van der Waals surface area contributed by atoms with Crippen LogP contribution in [0.15, 0.2) is 18.2 Å². The Balaban J connectivity index is 3.08. The number of halogens is 2. The fraction of sp³-hybridized carbons (Fsp3) is 0.385. The summed E-state index contributed by atoms with van der Waals surface area (Å²) in [7, 11) is 1.20. The van der Waals surface area contributed by atoms with Crippen molar-refractivity contribution in [3.63, 3.8) is 0 Å². The summed E-state index contributed by atoms with van der Waals surface area (Å²) in [5.41, 5.74) is -0.212. The van der Waals surface area contributed by atoms with Crippen LogP contribution < -0.4 is 0 Å². The molecule has 0 aromatic heterocycles. The number of methoxy groups -OCH3 is 1. The zero-order chi connectivity index (χ0) is 15.3. The van der Waals surface area contributed by atoms with Gasteiger partial charge in [-0.2, -0.15) is 0 Å². The molecule has 1 unspecified atom stereocenters. The normalized spacial score (nSPS) is 12.2. The van der Waals surface area contributed by atoms with Crippen LogP contribution in [0, 0.1) is 0 Å². The van der Waals surface area contributed by atoms with E-state index in [0.29, 0.717) is 5.56 Å². The Bertz CT molecular complexity index is 502. The highest BCUT2D eigenvalue weighted by atomic mass is 19.3. The minimum atomic E-state index is -2.77. The highest BCUT2D eigenvalue weighted by Gasteiger charge is 2.22. The maximum atomic E-state index is 12.6. The van der Waals surface area contributed by atoms with Gasteiger partial charge >= 0.3 is 11.9 Å². The maximum absolute atomic E-state index is 12.6. The van der Waals surface area contributed by atoms with Crippen molar-refractivity contribution in [3.8, 4) is 0 Å². The molecular formula is C13H14F2O5. The van der Waals surface area contributed by atoms with Gasteiger partial charge in [0.25, 0.3) is 6.43 Å². The van der Waals surface area contributed by atoms with Crippen LogP contribution in [-0.4, -0.2) is 29.3 Å². The van der Waals surface area contributed by atoms with Gasteiger partial charge in [0, 0.05) is 12.0 Å². The van der Waals surface area contributed by atoms with Gasteiger partial charge in [0.2, 0.25) is 0 Å². The van der Waals surface area contributed by atoms with Gasteiger partial charge in [0.1, 0.15) is 0 Å². The number of carbonyl (C=O) groups is 2. The molecule has 0 aliphatic rings. The molecule has 0 spiro atoms. The summed E-state index contributed by atoms with van der Waals surface area (Å²) in [6.45, 7) is 0. The SMILES string of the molecule is COC(=O)CCc1ccc(C(F)F)cc1C(O)C(=O)O. The summed E-state index contributed by atoms with van der Waals surface area (Å²) < 4.78 is 29.7. The molecule has 20 heavy (non-hydrogen) atoms. The zero-order valence-electron chi connectivity index (χ0n) is 10.7. The molecule has 5 nitrogen and oxygen atoms in total. The number of carboxylic acids is 1. The van der Waals surface area contributed by atoms with Crippen molar-refractivity contribution in [2.45, 2.75) is 25.4 Å². The number of aryl methyl sites for hydroxylation is 1. The molecule has 0 saturated heterocycles. The van der Waals surface area contributed by atoms with Crippen LogP contribution >= 0.6 is 0 Å². The smallest absolute Gasteiger partial charge is 0.337 e. The summed E-state index contributed by atoms with van der Waals surface area (Å²) in [5.74, 6) is -2.06. The number of ether oxygens (including phenoxy) is 1. The van der Waals surface area contributed by atoms with Crippen LogP contribution in [0.1, 0.15) is 35.6 Å². The van der Waals surface area contributed by atoms with Gasteiger partial charge in [-0.1, -0.05) is 12.1 Å². The van der Waals surface area contributed by atoms with Gasteiger partial charge in [0.05, 0.1) is 7.11 Å². The molecule has 2 N–H and O–H groups in total. The molecule has 1 aromatic rings. The van der Waals surface area contributed by atoms with Crippen molar-refractivity contribution >= 4 is 11.9 Å². The molecule has 110 valence electrons. The van der Waals surface area contributed by atoms with Crippen LogP contribution in [0.3, 0.4) is 0 Å². The van der Waals surface area contributed by atoms with E-state index in [9.17, 15) is 23.5 Å². The summed E-state index contributed by atoms with van der Waals surface area (Å²) in [6, 6.07) is 3.36. The molecule has 0 aliphatic carbocycles. The van der Waals surface area contributed by atoms with E-state index in [0.717, 1.165) is 12.1 Å². The predicted octanol–water partition coefficient (Wildman–Crippen LogP) is 1.85. The van der Waals surface area contributed by atoms with E-state index in [2.05, 4.69) is 4.74 Å². The molecule has 7 heteroatoms. The Morgan fingerprint density at radius 2 is 2.00 bits per heavy atom. The van der Waals surface area contributed by atoms with Gasteiger partial charge in [-0.05, 0) is 23.6 Å². The quantitative estimate of drug-likeness (QED) is 0.780. The van der Waals surface area contributed by atoms with Gasteiger partial charge in [-0.3, -0.25) is 4.79 Å². The van der Waals surface area contributed by atoms with E-state index in [1.165, 1.54) is 13.2 Å². The highest BCUT2D eigenvalue weighted by molar-refractivity contribution is 5.75. The van der Waals surface area contributed by atoms with Gasteiger partial charge in [-0.15, -0.1) is 0 Å². The average Bonchev–Trinajstić information content (AvgIpc) is 2.43. The van der Waals surface area contributed by atoms with Crippen molar-refractivity contribution in [1.29, 1.82) is 0 Å². The first-order valence-corrected chi connectivity index (χ1v) is 5.75. The summed E-state index contributed by atoms with van der Waals surface area (Å²) >= 11 is 0. The van der Waals surface area contributed by atoms with Crippen LogP contribution in [0.2, 0.25) is 0 Å². The first kappa shape index (κ1) is 16.0. The lowest BCUT2D eigenvalue weighted by Crippen LogP contribution is -2.14. The summed E-state index contributed by atoms with van der Waals surface area (Å²) in [4.78, 5) is 21.9. The number of hydrogen-bond donors (Lipinski definition) is 2.